The predicted octanol–water partition coefficient (Wildman–Crippen LogP) is 2.57. The zero-order chi connectivity index (χ0) is 18.8. The SMILES string of the molecule is CCNc1nc(C)c(C(=O)N2CCN(Cc3ccc4c(c3)OCO4)CC2)s1. The largest absolute Gasteiger partial charge is 0.454 e. The predicted molar refractivity (Wildman–Crippen MR) is 105 cm³/mol. The Morgan fingerprint density at radius 2 is 2.00 bits per heavy atom. The molecular weight excluding hydrogens is 364 g/mol. The van der Waals surface area contributed by atoms with E-state index in [0.29, 0.717) is 6.79 Å². The maximum atomic E-state index is 12.9. The normalized spacial score (nSPS) is 16.6. The van der Waals surface area contributed by atoms with Gasteiger partial charge in [0.15, 0.2) is 16.6 Å². The molecule has 1 saturated heterocycles. The molecule has 1 fully saturated rings. The number of fused-ring (bicyclic) bond motifs is 1. The molecule has 144 valence electrons. The quantitative estimate of drug-likeness (QED) is 0.849. The third-order valence-corrected chi connectivity index (χ3v) is 5.92. The fourth-order valence-corrected chi connectivity index (χ4v) is 4.37. The highest BCUT2D eigenvalue weighted by Crippen LogP contribution is 2.33. The van der Waals surface area contributed by atoms with E-state index in [0.717, 1.165) is 66.5 Å². The second kappa shape index (κ2) is 7.74. The number of aryl methyl sites for hydroxylation is 1. The number of benzene rings is 1. The molecule has 0 spiro atoms. The van der Waals surface area contributed by atoms with Crippen LogP contribution in [0.3, 0.4) is 0 Å². The summed E-state index contributed by atoms with van der Waals surface area (Å²) in [6.07, 6.45) is 0. The molecule has 1 amide bonds. The number of anilines is 1. The van der Waals surface area contributed by atoms with E-state index in [-0.39, 0.29) is 5.91 Å². The van der Waals surface area contributed by atoms with Crippen molar-refractivity contribution in [2.45, 2.75) is 20.4 Å². The molecule has 2 aliphatic heterocycles. The van der Waals surface area contributed by atoms with Gasteiger partial charge in [-0.15, -0.1) is 0 Å². The number of nitrogens with one attached hydrogen (secondary N) is 1. The average Bonchev–Trinajstić information content (AvgIpc) is 3.28. The second-order valence-electron chi connectivity index (χ2n) is 6.72. The monoisotopic (exact) mass is 388 g/mol. The zero-order valence-electron chi connectivity index (χ0n) is 15.7. The minimum Gasteiger partial charge on any atom is -0.454 e. The molecule has 2 aliphatic rings. The van der Waals surface area contributed by atoms with E-state index in [1.165, 1.54) is 16.9 Å². The summed E-state index contributed by atoms with van der Waals surface area (Å²) >= 11 is 1.45. The van der Waals surface area contributed by atoms with Crippen LogP contribution >= 0.6 is 11.3 Å². The first-order valence-corrected chi connectivity index (χ1v) is 10.1. The molecule has 0 aliphatic carbocycles. The first kappa shape index (κ1) is 18.1. The van der Waals surface area contributed by atoms with Crippen LogP contribution in [0, 0.1) is 6.92 Å². The third kappa shape index (κ3) is 3.86. The summed E-state index contributed by atoms with van der Waals surface area (Å²) in [4.78, 5) is 22.3. The summed E-state index contributed by atoms with van der Waals surface area (Å²) in [6, 6.07) is 6.09. The molecule has 0 unspecified atom stereocenters. The van der Waals surface area contributed by atoms with Crippen molar-refractivity contribution in [1.82, 2.24) is 14.8 Å². The van der Waals surface area contributed by atoms with Gasteiger partial charge in [0.2, 0.25) is 6.79 Å². The third-order valence-electron chi connectivity index (χ3n) is 4.82. The molecule has 8 heteroatoms. The Kier molecular flexibility index (Phi) is 5.18. The summed E-state index contributed by atoms with van der Waals surface area (Å²) in [5.74, 6) is 1.72. The molecule has 7 nitrogen and oxygen atoms in total. The molecule has 1 aromatic heterocycles. The Bertz CT molecular complexity index is 830. The average molecular weight is 388 g/mol. The zero-order valence-corrected chi connectivity index (χ0v) is 16.5. The van der Waals surface area contributed by atoms with E-state index in [4.69, 9.17) is 9.47 Å². The Labute approximate surface area is 162 Å². The van der Waals surface area contributed by atoms with E-state index >= 15 is 0 Å². The maximum absolute atomic E-state index is 12.9. The lowest BCUT2D eigenvalue weighted by Crippen LogP contribution is -2.48. The molecule has 27 heavy (non-hydrogen) atoms. The Morgan fingerprint density at radius 1 is 1.22 bits per heavy atom. The number of aromatic nitrogens is 1. The van der Waals surface area contributed by atoms with Crippen LogP contribution < -0.4 is 14.8 Å². The molecule has 1 aromatic carbocycles. The van der Waals surface area contributed by atoms with Gasteiger partial charge in [-0.05, 0) is 31.5 Å². The number of hydrogen-bond acceptors (Lipinski definition) is 7. The highest BCUT2D eigenvalue weighted by atomic mass is 32.1. The van der Waals surface area contributed by atoms with Crippen molar-refractivity contribution in [3.8, 4) is 11.5 Å². The van der Waals surface area contributed by atoms with Gasteiger partial charge in [-0.25, -0.2) is 4.98 Å². The Balaban J connectivity index is 1.34. The minimum atomic E-state index is 0.0943. The van der Waals surface area contributed by atoms with Crippen molar-refractivity contribution >= 4 is 22.4 Å². The van der Waals surface area contributed by atoms with Gasteiger partial charge in [0.25, 0.3) is 5.91 Å². The Morgan fingerprint density at radius 3 is 2.78 bits per heavy atom. The first-order chi connectivity index (χ1) is 13.1. The number of carbonyl (C=O) groups is 1. The van der Waals surface area contributed by atoms with Gasteiger partial charge < -0.3 is 19.7 Å². The van der Waals surface area contributed by atoms with Crippen LogP contribution in [-0.2, 0) is 6.54 Å². The van der Waals surface area contributed by atoms with Gasteiger partial charge in [-0.1, -0.05) is 17.4 Å². The van der Waals surface area contributed by atoms with E-state index in [1.807, 2.05) is 30.9 Å². The fraction of sp³-hybridized carbons (Fsp3) is 0.474. The fourth-order valence-electron chi connectivity index (χ4n) is 3.37. The lowest BCUT2D eigenvalue weighted by atomic mass is 10.1. The number of hydrogen-bond donors (Lipinski definition) is 1. The number of ether oxygens (including phenoxy) is 2. The van der Waals surface area contributed by atoms with Crippen LogP contribution in [0.25, 0.3) is 0 Å². The minimum absolute atomic E-state index is 0.0943. The number of piperazine rings is 1. The summed E-state index contributed by atoms with van der Waals surface area (Å²) in [5.41, 5.74) is 2.01. The van der Waals surface area contributed by atoms with Crippen molar-refractivity contribution in [3.63, 3.8) is 0 Å². The summed E-state index contributed by atoms with van der Waals surface area (Å²) in [7, 11) is 0. The van der Waals surface area contributed by atoms with Gasteiger partial charge in [-0.2, -0.15) is 0 Å². The van der Waals surface area contributed by atoms with Gasteiger partial charge in [-0.3, -0.25) is 9.69 Å². The van der Waals surface area contributed by atoms with E-state index in [1.54, 1.807) is 0 Å². The summed E-state index contributed by atoms with van der Waals surface area (Å²) < 4.78 is 10.8. The van der Waals surface area contributed by atoms with Gasteiger partial charge in [0.1, 0.15) is 4.88 Å². The molecule has 0 radical (unpaired) electrons. The standard InChI is InChI=1S/C19H24N4O3S/c1-3-20-19-21-13(2)17(27-19)18(24)23-8-6-22(7-9-23)11-14-4-5-15-16(10-14)26-12-25-15/h4-5,10H,3,6-9,11-12H2,1-2H3,(H,20,21). The van der Waals surface area contributed by atoms with Crippen molar-refractivity contribution in [2.75, 3.05) is 44.8 Å². The smallest absolute Gasteiger partial charge is 0.266 e. The van der Waals surface area contributed by atoms with E-state index in [2.05, 4.69) is 21.3 Å². The molecule has 0 bridgehead atoms. The van der Waals surface area contributed by atoms with E-state index < -0.39 is 0 Å². The van der Waals surface area contributed by atoms with Crippen molar-refractivity contribution in [3.05, 3.63) is 34.3 Å². The summed E-state index contributed by atoms with van der Waals surface area (Å²) in [6.45, 7) is 9.07. The number of thiazole rings is 1. The highest BCUT2D eigenvalue weighted by Gasteiger charge is 2.25. The van der Waals surface area contributed by atoms with Crippen molar-refractivity contribution in [1.29, 1.82) is 0 Å². The molecule has 3 heterocycles. The Hall–Kier alpha value is -2.32. The molecule has 0 atom stereocenters. The topological polar surface area (TPSA) is 66.9 Å². The van der Waals surface area contributed by atoms with Gasteiger partial charge in [0.05, 0.1) is 5.69 Å². The van der Waals surface area contributed by atoms with Crippen molar-refractivity contribution in [2.24, 2.45) is 0 Å². The van der Waals surface area contributed by atoms with Crippen LogP contribution in [0.15, 0.2) is 18.2 Å². The van der Waals surface area contributed by atoms with Gasteiger partial charge in [0, 0.05) is 39.3 Å². The first-order valence-electron chi connectivity index (χ1n) is 9.25. The van der Waals surface area contributed by atoms with E-state index in [9.17, 15) is 4.79 Å². The van der Waals surface area contributed by atoms with Gasteiger partial charge >= 0.3 is 0 Å². The lowest BCUT2D eigenvalue weighted by Gasteiger charge is -2.34. The highest BCUT2D eigenvalue weighted by molar-refractivity contribution is 7.17. The number of carbonyl (C=O) groups excluding carboxylic acids is 1. The summed E-state index contributed by atoms with van der Waals surface area (Å²) in [5, 5.41) is 4.01. The molecular formula is C19H24N4O3S. The lowest BCUT2D eigenvalue weighted by molar-refractivity contribution is 0.0632. The molecule has 2 aromatic rings. The van der Waals surface area contributed by atoms with Crippen LogP contribution in [0.5, 0.6) is 11.5 Å². The number of rotatable bonds is 5. The number of nitrogens with zero attached hydrogens (tertiary/aromatic N) is 3. The van der Waals surface area contributed by atoms with Crippen LogP contribution in [0.4, 0.5) is 5.13 Å². The molecule has 1 N–H and O–H groups in total. The maximum Gasteiger partial charge on any atom is 0.266 e. The number of amides is 1. The van der Waals surface area contributed by atoms with Crippen LogP contribution in [0.1, 0.15) is 27.9 Å². The second-order valence-corrected chi connectivity index (χ2v) is 7.72. The van der Waals surface area contributed by atoms with Crippen LogP contribution in [0.2, 0.25) is 0 Å². The molecule has 4 rings (SSSR count). The molecule has 0 saturated carbocycles. The van der Waals surface area contributed by atoms with Crippen molar-refractivity contribution < 1.29 is 14.3 Å². The van der Waals surface area contributed by atoms with Crippen LogP contribution in [-0.4, -0.2) is 60.2 Å².